The highest BCUT2D eigenvalue weighted by atomic mass is 16.5. The van der Waals surface area contributed by atoms with Crippen LogP contribution in [-0.2, 0) is 9.53 Å². The van der Waals surface area contributed by atoms with E-state index in [1.54, 1.807) is 30.3 Å². The van der Waals surface area contributed by atoms with Crippen molar-refractivity contribution in [3.63, 3.8) is 0 Å². The van der Waals surface area contributed by atoms with Gasteiger partial charge >= 0.3 is 0 Å². The van der Waals surface area contributed by atoms with E-state index in [0.717, 1.165) is 25.1 Å². The first-order chi connectivity index (χ1) is 14.5. The molecule has 0 aliphatic carbocycles. The molecule has 0 radical (unpaired) electrons. The Hall–Kier alpha value is -3.06. The third kappa shape index (κ3) is 6.77. The van der Waals surface area contributed by atoms with Crippen molar-refractivity contribution in [3.05, 3.63) is 54.1 Å². The first kappa shape index (κ1) is 21.6. The molecular weight excluding hydrogens is 382 g/mol. The number of rotatable bonds is 9. The summed E-state index contributed by atoms with van der Waals surface area (Å²) in [6.07, 6.45) is 2.22. The van der Waals surface area contributed by atoms with Crippen molar-refractivity contribution in [2.75, 3.05) is 30.3 Å². The molecule has 1 fully saturated rings. The van der Waals surface area contributed by atoms with Gasteiger partial charge < -0.3 is 25.4 Å². The average Bonchev–Trinajstić information content (AvgIpc) is 3.24. The van der Waals surface area contributed by atoms with Crippen molar-refractivity contribution in [3.8, 4) is 5.75 Å². The molecule has 1 saturated heterocycles. The first-order valence-corrected chi connectivity index (χ1v) is 10.3. The minimum absolute atomic E-state index is 0.0683. The largest absolute Gasteiger partial charge is 0.491 e. The van der Waals surface area contributed by atoms with Crippen molar-refractivity contribution in [1.29, 1.82) is 0 Å². The molecule has 3 rings (SSSR count). The molecule has 2 amide bonds. The number of anilines is 2. The fourth-order valence-electron chi connectivity index (χ4n) is 3.16. The molecule has 7 nitrogen and oxygen atoms in total. The van der Waals surface area contributed by atoms with Gasteiger partial charge in [0, 0.05) is 36.2 Å². The van der Waals surface area contributed by atoms with Gasteiger partial charge in [-0.25, -0.2) is 0 Å². The minimum atomic E-state index is -0.171. The lowest BCUT2D eigenvalue weighted by Crippen LogP contribution is -2.31. The second-order valence-corrected chi connectivity index (χ2v) is 7.52. The molecule has 7 heteroatoms. The van der Waals surface area contributed by atoms with Crippen LogP contribution in [0, 0.1) is 0 Å². The second kappa shape index (κ2) is 10.6. The number of amides is 2. The van der Waals surface area contributed by atoms with E-state index in [1.807, 2.05) is 32.0 Å². The normalized spacial score (nSPS) is 15.6. The Morgan fingerprint density at radius 1 is 1.13 bits per heavy atom. The summed E-state index contributed by atoms with van der Waals surface area (Å²) in [5.74, 6) is 0.414. The quantitative estimate of drug-likeness (QED) is 0.588. The fourth-order valence-corrected chi connectivity index (χ4v) is 3.16. The molecule has 2 aromatic carbocycles. The number of ether oxygens (including phenoxy) is 2. The van der Waals surface area contributed by atoms with Crippen LogP contribution < -0.4 is 20.7 Å². The zero-order valence-corrected chi connectivity index (χ0v) is 17.4. The standard InChI is InChI=1S/C23H29N3O4/c1-16(2)30-20-6-3-5-19(13-20)26-22(27)15-24-18-10-8-17(9-11-18)23(28)25-14-21-7-4-12-29-21/h3,5-6,8-11,13,16,21,24H,4,7,12,14-15H2,1-2H3,(H,25,28)(H,26,27). The molecule has 0 bridgehead atoms. The fraction of sp³-hybridized carbons (Fsp3) is 0.391. The lowest BCUT2D eigenvalue weighted by Gasteiger charge is -2.12. The molecule has 1 aliphatic rings. The predicted molar refractivity (Wildman–Crippen MR) is 117 cm³/mol. The second-order valence-electron chi connectivity index (χ2n) is 7.52. The van der Waals surface area contributed by atoms with Crippen molar-refractivity contribution >= 4 is 23.2 Å². The van der Waals surface area contributed by atoms with Gasteiger partial charge in [0.15, 0.2) is 0 Å². The predicted octanol–water partition coefficient (Wildman–Crippen LogP) is 3.43. The highest BCUT2D eigenvalue weighted by molar-refractivity contribution is 5.95. The molecule has 2 aromatic rings. The summed E-state index contributed by atoms with van der Waals surface area (Å²) < 4.78 is 11.1. The van der Waals surface area contributed by atoms with Crippen molar-refractivity contribution in [1.82, 2.24) is 5.32 Å². The summed E-state index contributed by atoms with van der Waals surface area (Å²) in [6.45, 7) is 5.32. The average molecular weight is 412 g/mol. The first-order valence-electron chi connectivity index (χ1n) is 10.3. The molecule has 0 aromatic heterocycles. The van der Waals surface area contributed by atoms with Crippen LogP contribution >= 0.6 is 0 Å². The Morgan fingerprint density at radius 2 is 1.93 bits per heavy atom. The van der Waals surface area contributed by atoms with Crippen molar-refractivity contribution < 1.29 is 19.1 Å². The zero-order valence-electron chi connectivity index (χ0n) is 17.4. The monoisotopic (exact) mass is 411 g/mol. The van der Waals surface area contributed by atoms with Gasteiger partial charge in [0.05, 0.1) is 18.8 Å². The third-order valence-electron chi connectivity index (χ3n) is 4.60. The molecule has 1 unspecified atom stereocenters. The van der Waals surface area contributed by atoms with E-state index < -0.39 is 0 Å². The van der Waals surface area contributed by atoms with Crippen LogP contribution in [0.4, 0.5) is 11.4 Å². The summed E-state index contributed by atoms with van der Waals surface area (Å²) in [6, 6.07) is 14.3. The topological polar surface area (TPSA) is 88.7 Å². The zero-order chi connectivity index (χ0) is 21.3. The summed E-state index contributed by atoms with van der Waals surface area (Å²) in [5.41, 5.74) is 2.01. The molecular formula is C23H29N3O4. The maximum atomic E-state index is 12.2. The van der Waals surface area contributed by atoms with Crippen molar-refractivity contribution in [2.45, 2.75) is 38.9 Å². The number of hydrogen-bond donors (Lipinski definition) is 3. The molecule has 160 valence electrons. The van der Waals surface area contributed by atoms with E-state index in [9.17, 15) is 9.59 Å². The van der Waals surface area contributed by atoms with E-state index in [4.69, 9.17) is 9.47 Å². The Morgan fingerprint density at radius 3 is 2.63 bits per heavy atom. The molecule has 0 saturated carbocycles. The van der Waals surface area contributed by atoms with Gasteiger partial charge in [-0.2, -0.15) is 0 Å². The Balaban J connectivity index is 1.44. The molecule has 0 spiro atoms. The van der Waals surface area contributed by atoms with Crippen LogP contribution in [0.2, 0.25) is 0 Å². The lowest BCUT2D eigenvalue weighted by atomic mass is 10.2. The van der Waals surface area contributed by atoms with Crippen LogP contribution in [0.15, 0.2) is 48.5 Å². The maximum absolute atomic E-state index is 12.2. The van der Waals surface area contributed by atoms with Crippen molar-refractivity contribution in [2.24, 2.45) is 0 Å². The minimum Gasteiger partial charge on any atom is -0.491 e. The summed E-state index contributed by atoms with van der Waals surface area (Å²) in [7, 11) is 0. The van der Waals surface area contributed by atoms with Gasteiger partial charge in [-0.1, -0.05) is 6.07 Å². The van der Waals surface area contributed by atoms with Crippen LogP contribution in [0.3, 0.4) is 0 Å². The van der Waals surface area contributed by atoms with Crippen LogP contribution in [0.1, 0.15) is 37.0 Å². The third-order valence-corrected chi connectivity index (χ3v) is 4.60. The SMILES string of the molecule is CC(C)Oc1cccc(NC(=O)CNc2ccc(C(=O)NCC3CCCO3)cc2)c1. The molecule has 3 N–H and O–H groups in total. The summed E-state index contributed by atoms with van der Waals surface area (Å²) in [5, 5.41) is 8.80. The number of hydrogen-bond acceptors (Lipinski definition) is 5. The van der Waals surface area contributed by atoms with Crippen LogP contribution in [-0.4, -0.2) is 43.7 Å². The van der Waals surface area contributed by atoms with Gasteiger partial charge in [-0.05, 0) is 63.1 Å². The molecule has 1 aliphatic heterocycles. The van der Waals surface area contributed by atoms with E-state index in [1.165, 1.54) is 0 Å². The van der Waals surface area contributed by atoms with Crippen LogP contribution in [0.25, 0.3) is 0 Å². The molecule has 30 heavy (non-hydrogen) atoms. The highest BCUT2D eigenvalue weighted by Gasteiger charge is 2.16. The van der Waals surface area contributed by atoms with Gasteiger partial charge in [0.1, 0.15) is 5.75 Å². The van der Waals surface area contributed by atoms with E-state index in [0.29, 0.717) is 23.5 Å². The van der Waals surface area contributed by atoms with Gasteiger partial charge in [0.2, 0.25) is 5.91 Å². The van der Waals surface area contributed by atoms with Gasteiger partial charge in [0.25, 0.3) is 5.91 Å². The van der Waals surface area contributed by atoms with Gasteiger partial charge in [-0.3, -0.25) is 9.59 Å². The smallest absolute Gasteiger partial charge is 0.251 e. The Kier molecular flexibility index (Phi) is 7.68. The molecule has 1 heterocycles. The summed E-state index contributed by atoms with van der Waals surface area (Å²) >= 11 is 0. The maximum Gasteiger partial charge on any atom is 0.251 e. The lowest BCUT2D eigenvalue weighted by molar-refractivity contribution is -0.114. The van der Waals surface area contributed by atoms with E-state index >= 15 is 0 Å². The summed E-state index contributed by atoms with van der Waals surface area (Å²) in [4.78, 5) is 24.4. The number of benzene rings is 2. The van der Waals surface area contributed by atoms with Gasteiger partial charge in [-0.15, -0.1) is 0 Å². The van der Waals surface area contributed by atoms with E-state index in [-0.39, 0.29) is 30.6 Å². The molecule has 1 atom stereocenters. The number of nitrogens with one attached hydrogen (secondary N) is 3. The van der Waals surface area contributed by atoms with E-state index in [2.05, 4.69) is 16.0 Å². The highest BCUT2D eigenvalue weighted by Crippen LogP contribution is 2.18. The Labute approximate surface area is 177 Å². The van der Waals surface area contributed by atoms with Crippen LogP contribution in [0.5, 0.6) is 5.75 Å². The Bertz CT molecular complexity index is 846. The number of carbonyl (C=O) groups is 2. The number of carbonyl (C=O) groups excluding carboxylic acids is 2.